The van der Waals surface area contributed by atoms with Crippen LogP contribution in [0, 0.1) is 13.8 Å². The van der Waals surface area contributed by atoms with Crippen molar-refractivity contribution in [2.75, 3.05) is 19.5 Å². The second-order valence-electron chi connectivity index (χ2n) is 6.13. The summed E-state index contributed by atoms with van der Waals surface area (Å²) in [6, 6.07) is 4.04. The number of anilines is 1. The molecule has 1 aromatic carbocycles. The first-order chi connectivity index (χ1) is 12.8. The molecule has 0 saturated heterocycles. The fourth-order valence-electron chi connectivity index (χ4n) is 3.12. The van der Waals surface area contributed by atoms with Gasteiger partial charge in [0.1, 0.15) is 5.75 Å². The molecule has 0 saturated carbocycles. The van der Waals surface area contributed by atoms with E-state index < -0.39 is 12.0 Å². The quantitative estimate of drug-likeness (QED) is 0.757. The van der Waals surface area contributed by atoms with Gasteiger partial charge < -0.3 is 20.1 Å². The van der Waals surface area contributed by atoms with Crippen LogP contribution in [0.3, 0.4) is 0 Å². The Morgan fingerprint density at radius 1 is 1.26 bits per heavy atom. The Morgan fingerprint density at radius 3 is 2.52 bits per heavy atom. The summed E-state index contributed by atoms with van der Waals surface area (Å²) < 4.78 is 11.9. The zero-order chi connectivity index (χ0) is 20.1. The summed E-state index contributed by atoms with van der Waals surface area (Å²) in [4.78, 5) is 24.2. The number of amides is 2. The first kappa shape index (κ1) is 20.3. The Kier molecular flexibility index (Phi) is 6.44. The van der Waals surface area contributed by atoms with Crippen LogP contribution >= 0.6 is 0 Å². The summed E-state index contributed by atoms with van der Waals surface area (Å²) in [6.45, 7) is 8.60. The van der Waals surface area contributed by atoms with E-state index in [1.54, 1.807) is 12.1 Å². The van der Waals surface area contributed by atoms with E-state index >= 15 is 0 Å². The molecular weight excluding hydrogens is 348 g/mol. The van der Waals surface area contributed by atoms with Crippen molar-refractivity contribution in [3.63, 3.8) is 0 Å². The summed E-state index contributed by atoms with van der Waals surface area (Å²) in [5, 5.41) is 10.1. The van der Waals surface area contributed by atoms with Gasteiger partial charge in [-0.3, -0.25) is 4.68 Å². The lowest BCUT2D eigenvalue weighted by Crippen LogP contribution is -2.31. The average Bonchev–Trinajstić information content (AvgIpc) is 2.94. The van der Waals surface area contributed by atoms with Gasteiger partial charge in [-0.15, -0.1) is 0 Å². The van der Waals surface area contributed by atoms with E-state index in [1.165, 1.54) is 20.3 Å². The minimum atomic E-state index is -0.493. The molecule has 146 valence electrons. The van der Waals surface area contributed by atoms with Crippen molar-refractivity contribution in [1.29, 1.82) is 0 Å². The van der Waals surface area contributed by atoms with E-state index in [2.05, 4.69) is 15.7 Å². The van der Waals surface area contributed by atoms with E-state index in [0.717, 1.165) is 23.5 Å². The average molecular weight is 374 g/mol. The van der Waals surface area contributed by atoms with Crippen molar-refractivity contribution in [2.45, 2.75) is 40.3 Å². The fraction of sp³-hybridized carbons (Fsp3) is 0.421. The molecule has 0 radical (unpaired) electrons. The number of carbonyl (C=O) groups excluding carboxylic acids is 2. The lowest BCUT2D eigenvalue weighted by Gasteiger charge is -2.17. The highest BCUT2D eigenvalue weighted by atomic mass is 16.5. The molecule has 0 bridgehead atoms. The number of nitrogens with one attached hydrogen (secondary N) is 2. The number of nitrogens with zero attached hydrogens (tertiary/aromatic N) is 2. The summed E-state index contributed by atoms with van der Waals surface area (Å²) in [6.07, 6.45) is 0. The molecule has 27 heavy (non-hydrogen) atoms. The number of esters is 1. The highest BCUT2D eigenvalue weighted by molar-refractivity contribution is 5.95. The third kappa shape index (κ3) is 4.39. The maximum Gasteiger partial charge on any atom is 0.337 e. The summed E-state index contributed by atoms with van der Waals surface area (Å²) >= 11 is 0. The molecule has 2 aromatic rings. The summed E-state index contributed by atoms with van der Waals surface area (Å²) in [7, 11) is 2.79. The Balaban J connectivity index is 2.18. The molecule has 0 fully saturated rings. The van der Waals surface area contributed by atoms with Gasteiger partial charge in [-0.05, 0) is 45.9 Å². The van der Waals surface area contributed by atoms with Crippen LogP contribution in [0.4, 0.5) is 10.5 Å². The molecule has 2 N–H and O–H groups in total. The molecule has 2 rings (SSSR count). The van der Waals surface area contributed by atoms with Gasteiger partial charge in [-0.1, -0.05) is 0 Å². The van der Waals surface area contributed by atoms with Gasteiger partial charge in [0.15, 0.2) is 0 Å². The van der Waals surface area contributed by atoms with Gasteiger partial charge >= 0.3 is 12.0 Å². The highest BCUT2D eigenvalue weighted by Crippen LogP contribution is 2.26. The number of urea groups is 1. The Morgan fingerprint density at radius 2 is 1.96 bits per heavy atom. The normalized spacial score (nSPS) is 11.6. The number of hydrogen-bond donors (Lipinski definition) is 2. The molecule has 0 aliphatic carbocycles. The maximum absolute atomic E-state index is 12.5. The second kappa shape index (κ2) is 8.57. The van der Waals surface area contributed by atoms with Gasteiger partial charge in [0.2, 0.25) is 0 Å². The molecule has 8 heteroatoms. The number of benzene rings is 1. The van der Waals surface area contributed by atoms with E-state index in [-0.39, 0.29) is 6.04 Å². The predicted octanol–water partition coefficient (Wildman–Crippen LogP) is 3.20. The van der Waals surface area contributed by atoms with Crippen LogP contribution in [0.1, 0.15) is 47.2 Å². The molecule has 1 aromatic heterocycles. The standard InChI is InChI=1S/C19H26N4O4/c1-7-23-13(4)17(12(3)22-23)11(2)20-19(25)21-15-10-14(18(24)27-6)8-9-16(15)26-5/h8-11H,7H2,1-6H3,(H2,20,21,25)/t11-/m0/s1. The van der Waals surface area contributed by atoms with Gasteiger partial charge in [0.05, 0.1) is 37.2 Å². The molecule has 2 amide bonds. The second-order valence-corrected chi connectivity index (χ2v) is 6.13. The van der Waals surface area contributed by atoms with Crippen LogP contribution in [0.15, 0.2) is 18.2 Å². The van der Waals surface area contributed by atoms with Crippen LogP contribution in [-0.4, -0.2) is 36.0 Å². The molecule has 0 aliphatic rings. The predicted molar refractivity (Wildman–Crippen MR) is 102 cm³/mol. The van der Waals surface area contributed by atoms with E-state index in [1.807, 2.05) is 32.4 Å². The van der Waals surface area contributed by atoms with Gasteiger partial charge in [-0.25, -0.2) is 9.59 Å². The number of aromatic nitrogens is 2. The van der Waals surface area contributed by atoms with Crippen molar-refractivity contribution in [3.8, 4) is 5.75 Å². The summed E-state index contributed by atoms with van der Waals surface area (Å²) in [5.41, 5.74) is 3.59. The molecule has 1 heterocycles. The molecule has 0 aliphatic heterocycles. The lowest BCUT2D eigenvalue weighted by atomic mass is 10.1. The van der Waals surface area contributed by atoms with Crippen LogP contribution in [0.5, 0.6) is 5.75 Å². The van der Waals surface area contributed by atoms with Crippen molar-refractivity contribution in [3.05, 3.63) is 40.7 Å². The van der Waals surface area contributed by atoms with E-state index in [4.69, 9.17) is 9.47 Å². The van der Waals surface area contributed by atoms with Crippen molar-refractivity contribution < 1.29 is 19.1 Å². The van der Waals surface area contributed by atoms with Crippen molar-refractivity contribution in [2.24, 2.45) is 0 Å². The molecule has 1 atom stereocenters. The minimum Gasteiger partial charge on any atom is -0.495 e. The Hall–Kier alpha value is -3.03. The number of carbonyl (C=O) groups is 2. The number of aryl methyl sites for hydroxylation is 2. The van der Waals surface area contributed by atoms with E-state index in [0.29, 0.717) is 17.0 Å². The zero-order valence-electron chi connectivity index (χ0n) is 16.5. The van der Waals surface area contributed by atoms with Crippen LogP contribution in [0.25, 0.3) is 0 Å². The van der Waals surface area contributed by atoms with Crippen LogP contribution < -0.4 is 15.4 Å². The van der Waals surface area contributed by atoms with Crippen molar-refractivity contribution in [1.82, 2.24) is 15.1 Å². The summed E-state index contributed by atoms with van der Waals surface area (Å²) in [5.74, 6) is -0.0515. The largest absolute Gasteiger partial charge is 0.495 e. The first-order valence-corrected chi connectivity index (χ1v) is 8.70. The molecular formula is C19H26N4O4. The SMILES string of the molecule is CCn1nc(C)c([C@H](C)NC(=O)Nc2cc(C(=O)OC)ccc2OC)c1C. The van der Waals surface area contributed by atoms with Crippen molar-refractivity contribution >= 4 is 17.7 Å². The first-order valence-electron chi connectivity index (χ1n) is 8.70. The third-order valence-electron chi connectivity index (χ3n) is 4.39. The van der Waals surface area contributed by atoms with Gasteiger partial charge in [0, 0.05) is 17.8 Å². The number of hydrogen-bond acceptors (Lipinski definition) is 5. The maximum atomic E-state index is 12.5. The number of ether oxygens (including phenoxy) is 2. The molecule has 0 unspecified atom stereocenters. The lowest BCUT2D eigenvalue weighted by molar-refractivity contribution is 0.0600. The van der Waals surface area contributed by atoms with E-state index in [9.17, 15) is 9.59 Å². The number of rotatable bonds is 6. The Labute approximate surface area is 158 Å². The number of methoxy groups -OCH3 is 2. The Bertz CT molecular complexity index is 844. The third-order valence-corrected chi connectivity index (χ3v) is 4.39. The highest BCUT2D eigenvalue weighted by Gasteiger charge is 2.20. The van der Waals surface area contributed by atoms with Gasteiger partial charge in [-0.2, -0.15) is 5.10 Å². The fourth-order valence-corrected chi connectivity index (χ4v) is 3.12. The minimum absolute atomic E-state index is 0.236. The topological polar surface area (TPSA) is 94.5 Å². The molecule has 8 nitrogen and oxygen atoms in total. The van der Waals surface area contributed by atoms with Gasteiger partial charge in [0.25, 0.3) is 0 Å². The zero-order valence-corrected chi connectivity index (χ0v) is 16.5. The smallest absolute Gasteiger partial charge is 0.337 e. The van der Waals surface area contributed by atoms with Crippen LogP contribution in [0.2, 0.25) is 0 Å². The van der Waals surface area contributed by atoms with Crippen LogP contribution in [-0.2, 0) is 11.3 Å². The monoisotopic (exact) mass is 374 g/mol. The molecule has 0 spiro atoms.